The van der Waals surface area contributed by atoms with Crippen LogP contribution < -0.4 is 0 Å². The molecular weight excluding hydrogens is 372 g/mol. The molecule has 0 aromatic rings. The molecule has 0 saturated heterocycles. The van der Waals surface area contributed by atoms with Gasteiger partial charge >= 0.3 is 5.97 Å². The fourth-order valence-electron chi connectivity index (χ4n) is 7.15. The molecule has 7 unspecified atom stereocenters. The Morgan fingerprint density at radius 1 is 1.17 bits per heavy atom. The van der Waals surface area contributed by atoms with Gasteiger partial charge in [0.05, 0.1) is 0 Å². The molecule has 0 bridgehead atoms. The molecule has 6 nitrogen and oxygen atoms in total. The van der Waals surface area contributed by atoms with E-state index in [4.69, 9.17) is 4.74 Å². The summed E-state index contributed by atoms with van der Waals surface area (Å²) in [5, 5.41) is 11.8. The normalized spacial score (nSPS) is 46.3. The van der Waals surface area contributed by atoms with Gasteiger partial charge in [0.1, 0.15) is 23.3 Å². The van der Waals surface area contributed by atoms with E-state index >= 15 is 0 Å². The molecule has 0 spiro atoms. The van der Waals surface area contributed by atoms with Crippen LogP contribution in [0.15, 0.2) is 11.6 Å². The standard InChI is InChI=1S/C23H30O6/c1-12(24)17-10-19(27)23(28)16-6-5-14-9-15(29-13(2)25)7-8-21(14,3)20(16)18(26)11-22(17,23)4/h5,15-17,20,28H,6-11H2,1-4H3. The van der Waals surface area contributed by atoms with Gasteiger partial charge < -0.3 is 9.84 Å². The third-order valence-electron chi connectivity index (χ3n) is 8.58. The second-order valence-electron chi connectivity index (χ2n) is 10.1. The summed E-state index contributed by atoms with van der Waals surface area (Å²) in [5.74, 6) is -2.26. The van der Waals surface area contributed by atoms with Crippen molar-refractivity contribution in [1.29, 1.82) is 0 Å². The van der Waals surface area contributed by atoms with Crippen LogP contribution >= 0.6 is 0 Å². The van der Waals surface area contributed by atoms with Gasteiger partial charge in [-0.3, -0.25) is 19.2 Å². The Morgan fingerprint density at radius 2 is 1.86 bits per heavy atom. The second kappa shape index (κ2) is 6.34. The van der Waals surface area contributed by atoms with E-state index in [0.29, 0.717) is 25.7 Å². The van der Waals surface area contributed by atoms with E-state index in [-0.39, 0.29) is 42.3 Å². The van der Waals surface area contributed by atoms with E-state index in [1.165, 1.54) is 13.8 Å². The smallest absolute Gasteiger partial charge is 0.302 e. The highest BCUT2D eigenvalue weighted by Crippen LogP contribution is 2.66. The van der Waals surface area contributed by atoms with Crippen molar-refractivity contribution >= 4 is 23.3 Å². The molecule has 4 aliphatic rings. The van der Waals surface area contributed by atoms with Crippen LogP contribution in [0, 0.1) is 28.6 Å². The number of Topliss-reactive ketones (excluding diaryl/α,β-unsaturated/α-hetero) is 3. The van der Waals surface area contributed by atoms with Gasteiger partial charge in [0.15, 0.2) is 5.78 Å². The summed E-state index contributed by atoms with van der Waals surface area (Å²) in [6.45, 7) is 6.64. The molecule has 0 aromatic heterocycles. The first kappa shape index (κ1) is 20.5. The molecule has 0 aromatic carbocycles. The summed E-state index contributed by atoms with van der Waals surface area (Å²) >= 11 is 0. The Morgan fingerprint density at radius 3 is 2.48 bits per heavy atom. The van der Waals surface area contributed by atoms with Crippen LogP contribution in [-0.2, 0) is 23.9 Å². The monoisotopic (exact) mass is 402 g/mol. The summed E-state index contributed by atoms with van der Waals surface area (Å²) in [6, 6.07) is 0. The van der Waals surface area contributed by atoms with Gasteiger partial charge in [-0.2, -0.15) is 0 Å². The molecule has 0 radical (unpaired) electrons. The number of hydrogen-bond donors (Lipinski definition) is 1. The molecule has 7 atom stereocenters. The Balaban J connectivity index is 1.75. The number of esters is 1. The zero-order valence-corrected chi connectivity index (χ0v) is 17.6. The fourth-order valence-corrected chi connectivity index (χ4v) is 7.15. The Kier molecular flexibility index (Phi) is 4.47. The predicted octanol–water partition coefficient (Wildman–Crippen LogP) is 2.56. The molecular formula is C23H30O6. The van der Waals surface area contributed by atoms with Crippen LogP contribution in [0.25, 0.3) is 0 Å². The highest BCUT2D eigenvalue weighted by Gasteiger charge is 2.73. The minimum atomic E-state index is -1.65. The molecule has 4 aliphatic carbocycles. The van der Waals surface area contributed by atoms with Gasteiger partial charge in [-0.25, -0.2) is 0 Å². The summed E-state index contributed by atoms with van der Waals surface area (Å²) in [6.07, 6.45) is 4.26. The third kappa shape index (κ3) is 2.57. The van der Waals surface area contributed by atoms with Crippen molar-refractivity contribution < 1.29 is 29.0 Å². The van der Waals surface area contributed by atoms with E-state index in [1.54, 1.807) is 6.92 Å². The molecule has 1 N–H and O–H groups in total. The molecule has 0 amide bonds. The SMILES string of the molecule is CC(=O)OC1CCC2(C)C(=CCC3C2C(=O)CC2(C)C(C(C)=O)CC(=O)C32O)C1. The first-order valence-electron chi connectivity index (χ1n) is 10.6. The Bertz CT molecular complexity index is 842. The van der Waals surface area contributed by atoms with Crippen molar-refractivity contribution in [2.75, 3.05) is 0 Å². The predicted molar refractivity (Wildman–Crippen MR) is 104 cm³/mol. The minimum Gasteiger partial charge on any atom is -0.462 e. The maximum Gasteiger partial charge on any atom is 0.302 e. The van der Waals surface area contributed by atoms with Crippen molar-refractivity contribution in [2.45, 2.75) is 77.9 Å². The van der Waals surface area contributed by atoms with Crippen LogP contribution in [0.3, 0.4) is 0 Å². The van der Waals surface area contributed by atoms with Gasteiger partial charge in [0.2, 0.25) is 0 Å². The molecule has 6 heteroatoms. The van der Waals surface area contributed by atoms with Crippen molar-refractivity contribution in [3.8, 4) is 0 Å². The zero-order valence-electron chi connectivity index (χ0n) is 17.6. The van der Waals surface area contributed by atoms with Crippen molar-refractivity contribution in [2.24, 2.45) is 28.6 Å². The third-order valence-corrected chi connectivity index (χ3v) is 8.58. The summed E-state index contributed by atoms with van der Waals surface area (Å²) in [7, 11) is 0. The largest absolute Gasteiger partial charge is 0.462 e. The van der Waals surface area contributed by atoms with Gasteiger partial charge in [0, 0.05) is 49.4 Å². The van der Waals surface area contributed by atoms with Crippen LogP contribution in [0.5, 0.6) is 0 Å². The van der Waals surface area contributed by atoms with Gasteiger partial charge in [-0.15, -0.1) is 0 Å². The van der Waals surface area contributed by atoms with E-state index in [1.807, 2.05) is 13.0 Å². The number of carbonyl (C=O) groups is 4. The van der Waals surface area contributed by atoms with Crippen molar-refractivity contribution in [3.63, 3.8) is 0 Å². The molecule has 0 aliphatic heterocycles. The lowest BCUT2D eigenvalue weighted by molar-refractivity contribution is -0.189. The van der Waals surface area contributed by atoms with Crippen molar-refractivity contribution in [1.82, 2.24) is 0 Å². The Labute approximate surface area is 171 Å². The van der Waals surface area contributed by atoms with Crippen molar-refractivity contribution in [3.05, 3.63) is 11.6 Å². The Hall–Kier alpha value is -1.82. The molecule has 3 fully saturated rings. The number of allylic oxidation sites excluding steroid dienone is 1. The molecule has 158 valence electrons. The van der Waals surface area contributed by atoms with Crippen LogP contribution in [0.2, 0.25) is 0 Å². The second-order valence-corrected chi connectivity index (χ2v) is 10.1. The molecule has 3 saturated carbocycles. The number of ether oxygens (including phenoxy) is 1. The summed E-state index contributed by atoms with van der Waals surface area (Å²) in [4.78, 5) is 50.1. The van der Waals surface area contributed by atoms with Gasteiger partial charge in [-0.05, 0) is 31.6 Å². The lowest BCUT2D eigenvalue weighted by atomic mass is 9.45. The summed E-state index contributed by atoms with van der Waals surface area (Å²) < 4.78 is 5.41. The maximum absolute atomic E-state index is 13.5. The minimum absolute atomic E-state index is 0.0145. The molecule has 4 rings (SSSR count). The summed E-state index contributed by atoms with van der Waals surface area (Å²) in [5.41, 5.74) is -2.06. The average Bonchev–Trinajstić information content (AvgIpc) is 2.82. The molecule has 0 heterocycles. The van der Waals surface area contributed by atoms with Crippen LogP contribution in [0.4, 0.5) is 0 Å². The van der Waals surface area contributed by atoms with Gasteiger partial charge in [-0.1, -0.05) is 25.5 Å². The van der Waals surface area contributed by atoms with Crippen LogP contribution in [-0.4, -0.2) is 40.1 Å². The number of aliphatic hydroxyl groups is 1. The van der Waals surface area contributed by atoms with Gasteiger partial charge in [0.25, 0.3) is 0 Å². The average molecular weight is 402 g/mol. The highest BCUT2D eigenvalue weighted by atomic mass is 16.5. The number of hydrogen-bond acceptors (Lipinski definition) is 6. The number of ketones is 3. The fraction of sp³-hybridized carbons (Fsp3) is 0.739. The van der Waals surface area contributed by atoms with E-state index in [2.05, 4.69) is 0 Å². The number of fused-ring (bicyclic) bond motifs is 5. The van der Waals surface area contributed by atoms with E-state index in [0.717, 1.165) is 5.57 Å². The lowest BCUT2D eigenvalue weighted by Gasteiger charge is -2.59. The van der Waals surface area contributed by atoms with Crippen LogP contribution in [0.1, 0.15) is 66.2 Å². The van der Waals surface area contributed by atoms with E-state index in [9.17, 15) is 24.3 Å². The number of rotatable bonds is 2. The topological polar surface area (TPSA) is 97.7 Å². The number of carbonyl (C=O) groups excluding carboxylic acids is 4. The first-order chi connectivity index (χ1) is 13.4. The van der Waals surface area contributed by atoms with E-state index < -0.39 is 34.2 Å². The highest BCUT2D eigenvalue weighted by molar-refractivity contribution is 6.01. The first-order valence-corrected chi connectivity index (χ1v) is 10.6. The zero-order chi connectivity index (χ0) is 21.4. The maximum atomic E-state index is 13.5. The lowest BCUT2D eigenvalue weighted by Crippen LogP contribution is -2.66. The quantitative estimate of drug-likeness (QED) is 0.563. The molecule has 29 heavy (non-hydrogen) atoms.